The number of piperazine rings is 1. The monoisotopic (exact) mass is 453 g/mol. The molecule has 0 spiro atoms. The average Bonchev–Trinajstić information content (AvgIpc) is 2.79. The van der Waals surface area contributed by atoms with Crippen molar-refractivity contribution in [2.24, 2.45) is 5.92 Å². The second kappa shape index (κ2) is 10.4. The third-order valence-electron chi connectivity index (χ3n) is 6.57. The fraction of sp³-hybridized carbons (Fsp3) is 0.462. The summed E-state index contributed by atoms with van der Waals surface area (Å²) in [5.41, 5.74) is 3.68. The number of amides is 2. The van der Waals surface area contributed by atoms with Crippen LogP contribution in [0.3, 0.4) is 0 Å². The number of rotatable bonds is 6. The average molecular weight is 454 g/mol. The quantitative estimate of drug-likeness (QED) is 0.695. The number of aryl methyl sites for hydroxylation is 1. The summed E-state index contributed by atoms with van der Waals surface area (Å²) in [5, 5.41) is 3.93. The molecule has 4 rings (SSSR count). The van der Waals surface area contributed by atoms with Crippen LogP contribution >= 0.6 is 11.6 Å². The van der Waals surface area contributed by atoms with Crippen LogP contribution in [0.15, 0.2) is 48.5 Å². The van der Waals surface area contributed by atoms with E-state index in [9.17, 15) is 9.59 Å². The van der Waals surface area contributed by atoms with Crippen molar-refractivity contribution in [2.75, 3.05) is 31.1 Å². The smallest absolute Gasteiger partial charge is 0.222 e. The van der Waals surface area contributed by atoms with Gasteiger partial charge in [-0.3, -0.25) is 9.59 Å². The highest BCUT2D eigenvalue weighted by atomic mass is 35.5. The van der Waals surface area contributed by atoms with Crippen LogP contribution in [0, 0.1) is 5.92 Å². The minimum absolute atomic E-state index is 0.0206. The van der Waals surface area contributed by atoms with Gasteiger partial charge >= 0.3 is 0 Å². The van der Waals surface area contributed by atoms with E-state index in [1.165, 1.54) is 11.1 Å². The van der Waals surface area contributed by atoms with Crippen molar-refractivity contribution in [3.63, 3.8) is 0 Å². The summed E-state index contributed by atoms with van der Waals surface area (Å²) in [4.78, 5) is 29.6. The summed E-state index contributed by atoms with van der Waals surface area (Å²) in [7, 11) is 0. The van der Waals surface area contributed by atoms with Crippen LogP contribution in [0.1, 0.15) is 49.8 Å². The fourth-order valence-electron chi connectivity index (χ4n) is 4.86. The highest BCUT2D eigenvalue weighted by molar-refractivity contribution is 6.30. The third kappa shape index (κ3) is 5.63. The maximum atomic E-state index is 12.8. The van der Waals surface area contributed by atoms with Crippen molar-refractivity contribution in [1.29, 1.82) is 0 Å². The van der Waals surface area contributed by atoms with E-state index >= 15 is 0 Å². The molecule has 1 heterocycles. The van der Waals surface area contributed by atoms with Gasteiger partial charge in [-0.15, -0.1) is 0 Å². The van der Waals surface area contributed by atoms with Crippen LogP contribution in [0.5, 0.6) is 0 Å². The summed E-state index contributed by atoms with van der Waals surface area (Å²) in [6.45, 7) is 4.98. The highest BCUT2D eigenvalue weighted by Crippen LogP contribution is 2.29. The van der Waals surface area contributed by atoms with Gasteiger partial charge in [-0.1, -0.05) is 48.9 Å². The fourth-order valence-corrected chi connectivity index (χ4v) is 5.04. The number of nitrogens with zero attached hydrogens (tertiary/aromatic N) is 2. The standard InChI is InChI=1S/C26H32ClN3O2/c1-19(16-25(31)28-24-11-4-7-20-6-2-3-10-23(20)24)17-26(32)30-14-12-29(13-15-30)22-9-5-8-21(27)18-22/h2-3,5-6,8-10,18-19,24H,4,7,11-17H2,1H3,(H,28,31)/t19-,24-/m1/s1. The molecule has 0 unspecified atom stereocenters. The molecular weight excluding hydrogens is 422 g/mol. The predicted molar refractivity (Wildman–Crippen MR) is 129 cm³/mol. The van der Waals surface area contributed by atoms with E-state index in [-0.39, 0.29) is 23.8 Å². The van der Waals surface area contributed by atoms with Gasteiger partial charge in [0.05, 0.1) is 6.04 Å². The number of hydrogen-bond acceptors (Lipinski definition) is 3. The first-order valence-corrected chi connectivity index (χ1v) is 12.0. The van der Waals surface area contributed by atoms with Crippen molar-refractivity contribution in [1.82, 2.24) is 10.2 Å². The van der Waals surface area contributed by atoms with Gasteiger partial charge in [0.1, 0.15) is 0 Å². The molecule has 2 aromatic carbocycles. The SMILES string of the molecule is C[C@H](CC(=O)N[C@@H]1CCCc2ccccc21)CC(=O)N1CCN(c2cccc(Cl)c2)CC1. The highest BCUT2D eigenvalue weighted by Gasteiger charge is 2.25. The van der Waals surface area contributed by atoms with Crippen molar-refractivity contribution < 1.29 is 9.59 Å². The number of halogens is 1. The lowest BCUT2D eigenvalue weighted by Crippen LogP contribution is -2.49. The van der Waals surface area contributed by atoms with E-state index in [4.69, 9.17) is 11.6 Å². The Labute approximate surface area is 195 Å². The Balaban J connectivity index is 1.23. The summed E-state index contributed by atoms with van der Waals surface area (Å²) < 4.78 is 0. The van der Waals surface area contributed by atoms with Gasteiger partial charge in [-0.2, -0.15) is 0 Å². The van der Waals surface area contributed by atoms with E-state index in [2.05, 4.69) is 34.5 Å². The number of nitrogens with one attached hydrogen (secondary N) is 1. The Hall–Kier alpha value is -2.53. The first-order chi connectivity index (χ1) is 15.5. The molecule has 6 heteroatoms. The van der Waals surface area contributed by atoms with Crippen molar-refractivity contribution in [3.8, 4) is 0 Å². The lowest BCUT2D eigenvalue weighted by Gasteiger charge is -2.36. The molecular formula is C26H32ClN3O2. The van der Waals surface area contributed by atoms with Gasteiger partial charge in [0.25, 0.3) is 0 Å². The van der Waals surface area contributed by atoms with E-state index in [0.717, 1.165) is 43.1 Å². The molecule has 2 aliphatic rings. The zero-order chi connectivity index (χ0) is 22.5. The first kappa shape index (κ1) is 22.7. The molecule has 170 valence electrons. The largest absolute Gasteiger partial charge is 0.368 e. The maximum absolute atomic E-state index is 12.8. The molecule has 0 aromatic heterocycles. The Bertz CT molecular complexity index is 956. The summed E-state index contributed by atoms with van der Waals surface area (Å²) in [6, 6.07) is 16.3. The molecule has 0 saturated carbocycles. The van der Waals surface area contributed by atoms with Crippen LogP contribution in [-0.2, 0) is 16.0 Å². The second-order valence-corrected chi connectivity index (χ2v) is 9.51. The zero-order valence-electron chi connectivity index (χ0n) is 18.7. The predicted octanol–water partition coefficient (Wildman–Crippen LogP) is 4.60. The van der Waals surface area contributed by atoms with Gasteiger partial charge in [0, 0.05) is 49.7 Å². The topological polar surface area (TPSA) is 52.7 Å². The number of carbonyl (C=O) groups excluding carboxylic acids is 2. The molecule has 1 N–H and O–H groups in total. The van der Waals surface area contributed by atoms with E-state index < -0.39 is 0 Å². The summed E-state index contributed by atoms with van der Waals surface area (Å²) in [6.07, 6.45) is 3.95. The molecule has 1 saturated heterocycles. The van der Waals surface area contributed by atoms with Crippen molar-refractivity contribution in [3.05, 3.63) is 64.7 Å². The van der Waals surface area contributed by atoms with Gasteiger partial charge in [0.2, 0.25) is 11.8 Å². The molecule has 0 bridgehead atoms. The molecule has 0 radical (unpaired) electrons. The molecule has 1 aliphatic heterocycles. The van der Waals surface area contributed by atoms with E-state index in [1.54, 1.807) is 0 Å². The summed E-state index contributed by atoms with van der Waals surface area (Å²) in [5.74, 6) is 0.198. The van der Waals surface area contributed by atoms with Gasteiger partial charge in [-0.05, 0) is 54.5 Å². The molecule has 1 aliphatic carbocycles. The Morgan fingerprint density at radius 1 is 1.06 bits per heavy atom. The van der Waals surface area contributed by atoms with Crippen LogP contribution in [0.4, 0.5) is 5.69 Å². The van der Waals surface area contributed by atoms with E-state index in [1.807, 2.05) is 36.1 Å². The van der Waals surface area contributed by atoms with Crippen LogP contribution in [-0.4, -0.2) is 42.9 Å². The lowest BCUT2D eigenvalue weighted by atomic mass is 9.87. The molecule has 2 aromatic rings. The van der Waals surface area contributed by atoms with Crippen LogP contribution < -0.4 is 10.2 Å². The van der Waals surface area contributed by atoms with Gasteiger partial charge < -0.3 is 15.1 Å². The molecule has 2 atom stereocenters. The van der Waals surface area contributed by atoms with Crippen LogP contribution in [0.2, 0.25) is 5.02 Å². The zero-order valence-corrected chi connectivity index (χ0v) is 19.5. The van der Waals surface area contributed by atoms with Crippen LogP contribution in [0.25, 0.3) is 0 Å². The third-order valence-corrected chi connectivity index (χ3v) is 6.80. The molecule has 2 amide bonds. The number of benzene rings is 2. The summed E-state index contributed by atoms with van der Waals surface area (Å²) >= 11 is 6.10. The molecule has 32 heavy (non-hydrogen) atoms. The number of hydrogen-bond donors (Lipinski definition) is 1. The minimum atomic E-state index is 0.0206. The number of fused-ring (bicyclic) bond motifs is 1. The normalized spacial score (nSPS) is 19.2. The van der Waals surface area contributed by atoms with Crippen molar-refractivity contribution in [2.45, 2.75) is 45.1 Å². The molecule has 5 nitrogen and oxygen atoms in total. The maximum Gasteiger partial charge on any atom is 0.222 e. The minimum Gasteiger partial charge on any atom is -0.368 e. The van der Waals surface area contributed by atoms with Gasteiger partial charge in [0.15, 0.2) is 0 Å². The first-order valence-electron chi connectivity index (χ1n) is 11.6. The Kier molecular flexibility index (Phi) is 7.36. The lowest BCUT2D eigenvalue weighted by molar-refractivity contribution is -0.132. The number of carbonyl (C=O) groups is 2. The Morgan fingerprint density at radius 3 is 2.62 bits per heavy atom. The Morgan fingerprint density at radius 2 is 1.84 bits per heavy atom. The second-order valence-electron chi connectivity index (χ2n) is 9.07. The van der Waals surface area contributed by atoms with Crippen molar-refractivity contribution >= 4 is 29.1 Å². The van der Waals surface area contributed by atoms with Gasteiger partial charge in [-0.25, -0.2) is 0 Å². The number of anilines is 1. The van der Waals surface area contributed by atoms with E-state index in [0.29, 0.717) is 25.9 Å². The molecule has 1 fully saturated rings.